The molecule has 8 heteroatoms. The number of aliphatic imine (C=N–C) groups is 1. The molecule has 2 aromatic heterocycles. The zero-order chi connectivity index (χ0) is 19.6. The van der Waals surface area contributed by atoms with Crippen molar-refractivity contribution in [2.75, 3.05) is 18.8 Å². The highest BCUT2D eigenvalue weighted by Crippen LogP contribution is 2.19. The zero-order valence-corrected chi connectivity index (χ0v) is 17.2. The molecule has 146 valence electrons. The first kappa shape index (κ1) is 20.2. The van der Waals surface area contributed by atoms with Crippen molar-refractivity contribution in [1.82, 2.24) is 25.2 Å². The molecule has 0 fully saturated rings. The summed E-state index contributed by atoms with van der Waals surface area (Å²) in [5, 5.41) is 7.40. The maximum absolute atomic E-state index is 5.92. The molecule has 3 rings (SSSR count). The maximum Gasteiger partial charge on any atom is 0.191 e. The molecule has 0 aliphatic heterocycles. The van der Waals surface area contributed by atoms with Crippen molar-refractivity contribution in [2.45, 2.75) is 18.4 Å². The van der Waals surface area contributed by atoms with Gasteiger partial charge in [0.25, 0.3) is 0 Å². The lowest BCUT2D eigenvalue weighted by molar-refractivity contribution is 0.841. The molecule has 0 atom stereocenters. The Morgan fingerprint density at radius 3 is 2.71 bits per heavy atom. The van der Waals surface area contributed by atoms with E-state index in [1.165, 1.54) is 4.90 Å². The van der Waals surface area contributed by atoms with E-state index < -0.39 is 0 Å². The number of hydrogen-bond acceptors (Lipinski definition) is 4. The summed E-state index contributed by atoms with van der Waals surface area (Å²) in [5.41, 5.74) is 1.05. The van der Waals surface area contributed by atoms with Gasteiger partial charge in [0.15, 0.2) is 5.96 Å². The van der Waals surface area contributed by atoms with Crippen molar-refractivity contribution >= 4 is 29.3 Å². The summed E-state index contributed by atoms with van der Waals surface area (Å²) in [6.45, 7) is 4.25. The van der Waals surface area contributed by atoms with Gasteiger partial charge in [-0.2, -0.15) is 0 Å². The molecule has 0 saturated carbocycles. The van der Waals surface area contributed by atoms with Gasteiger partial charge in [-0.1, -0.05) is 17.7 Å². The monoisotopic (exact) mass is 414 g/mol. The van der Waals surface area contributed by atoms with Crippen LogP contribution in [-0.4, -0.2) is 39.3 Å². The minimum atomic E-state index is 0.566. The fraction of sp³-hybridized carbons (Fsp3) is 0.250. The van der Waals surface area contributed by atoms with Gasteiger partial charge < -0.3 is 10.6 Å². The van der Waals surface area contributed by atoms with Gasteiger partial charge in [-0.15, -0.1) is 11.8 Å². The fourth-order valence-corrected chi connectivity index (χ4v) is 3.33. The molecule has 6 nitrogen and oxygen atoms in total. The van der Waals surface area contributed by atoms with Crippen molar-refractivity contribution in [3.8, 4) is 5.82 Å². The van der Waals surface area contributed by atoms with Crippen LogP contribution in [0.4, 0.5) is 0 Å². The minimum absolute atomic E-state index is 0.566. The maximum atomic E-state index is 5.92. The number of imidazole rings is 1. The highest BCUT2D eigenvalue weighted by Gasteiger charge is 2.01. The SMILES string of the molecule is CCNC(=NCc1ccc(-n2ccnc2)nc1)NCCSc1ccc(Cl)cc1. The second-order valence-electron chi connectivity index (χ2n) is 5.92. The summed E-state index contributed by atoms with van der Waals surface area (Å²) in [4.78, 5) is 14.3. The van der Waals surface area contributed by atoms with Crippen molar-refractivity contribution < 1.29 is 0 Å². The van der Waals surface area contributed by atoms with E-state index in [1.54, 1.807) is 24.3 Å². The molecule has 3 aromatic rings. The van der Waals surface area contributed by atoms with E-state index in [4.69, 9.17) is 11.6 Å². The molecular formula is C20H23ClN6S. The van der Waals surface area contributed by atoms with E-state index >= 15 is 0 Å². The lowest BCUT2D eigenvalue weighted by Crippen LogP contribution is -2.38. The summed E-state index contributed by atoms with van der Waals surface area (Å²) in [5.74, 6) is 2.58. The number of aromatic nitrogens is 3. The standard InChI is InChI=1S/C20H23ClN6S/c1-2-23-20(24-10-12-28-18-6-4-17(21)5-7-18)26-14-16-3-8-19(25-13-16)27-11-9-22-15-27/h3-9,11,13,15H,2,10,12,14H2,1H3,(H2,23,24,26). The number of nitrogens with zero attached hydrogens (tertiary/aromatic N) is 4. The Bertz CT molecular complexity index is 863. The van der Waals surface area contributed by atoms with Gasteiger partial charge in [0.2, 0.25) is 0 Å². The van der Waals surface area contributed by atoms with Gasteiger partial charge in [0.1, 0.15) is 12.1 Å². The van der Waals surface area contributed by atoms with Crippen LogP contribution in [0.5, 0.6) is 0 Å². The Morgan fingerprint density at radius 1 is 1.18 bits per heavy atom. The van der Waals surface area contributed by atoms with Gasteiger partial charge >= 0.3 is 0 Å². The summed E-state index contributed by atoms with van der Waals surface area (Å²) < 4.78 is 1.87. The van der Waals surface area contributed by atoms with Crippen LogP contribution in [0.15, 0.2) is 71.2 Å². The zero-order valence-electron chi connectivity index (χ0n) is 15.7. The Balaban J connectivity index is 1.48. The Morgan fingerprint density at radius 2 is 2.04 bits per heavy atom. The van der Waals surface area contributed by atoms with Crippen molar-refractivity contribution in [1.29, 1.82) is 0 Å². The highest BCUT2D eigenvalue weighted by atomic mass is 35.5. The third-order valence-electron chi connectivity index (χ3n) is 3.82. The molecule has 0 amide bonds. The quantitative estimate of drug-likeness (QED) is 0.254. The van der Waals surface area contributed by atoms with E-state index in [2.05, 4.69) is 32.5 Å². The van der Waals surface area contributed by atoms with Gasteiger partial charge in [-0.3, -0.25) is 4.57 Å². The third-order valence-corrected chi connectivity index (χ3v) is 5.08. The summed E-state index contributed by atoms with van der Waals surface area (Å²) in [7, 11) is 0. The first-order chi connectivity index (χ1) is 13.7. The molecule has 0 radical (unpaired) electrons. The Hall–Kier alpha value is -2.51. The molecule has 28 heavy (non-hydrogen) atoms. The summed E-state index contributed by atoms with van der Waals surface area (Å²) in [6, 6.07) is 11.9. The van der Waals surface area contributed by atoms with Crippen molar-refractivity contribution in [3.63, 3.8) is 0 Å². The number of guanidine groups is 1. The average molecular weight is 415 g/mol. The van der Waals surface area contributed by atoms with Gasteiger partial charge in [0.05, 0.1) is 6.54 Å². The van der Waals surface area contributed by atoms with Crippen LogP contribution in [0.1, 0.15) is 12.5 Å². The number of benzene rings is 1. The van der Waals surface area contributed by atoms with Crippen molar-refractivity contribution in [2.24, 2.45) is 4.99 Å². The predicted molar refractivity (Wildman–Crippen MR) is 116 cm³/mol. The number of halogens is 1. The van der Waals surface area contributed by atoms with Crippen LogP contribution in [0.25, 0.3) is 5.82 Å². The Labute approximate surface area is 174 Å². The second-order valence-corrected chi connectivity index (χ2v) is 7.52. The topological polar surface area (TPSA) is 67.1 Å². The largest absolute Gasteiger partial charge is 0.357 e. The average Bonchev–Trinajstić information content (AvgIpc) is 3.26. The van der Waals surface area contributed by atoms with Crippen LogP contribution in [0, 0.1) is 0 Å². The molecule has 0 bridgehead atoms. The number of hydrogen-bond donors (Lipinski definition) is 2. The summed E-state index contributed by atoms with van der Waals surface area (Å²) >= 11 is 7.70. The third kappa shape index (κ3) is 6.28. The molecule has 0 unspecified atom stereocenters. The van der Waals surface area contributed by atoms with E-state index in [1.807, 2.05) is 53.4 Å². The first-order valence-electron chi connectivity index (χ1n) is 9.08. The molecule has 0 aliphatic rings. The number of nitrogens with one attached hydrogen (secondary N) is 2. The molecule has 1 aromatic carbocycles. The van der Waals surface area contributed by atoms with Crippen LogP contribution >= 0.6 is 23.4 Å². The predicted octanol–water partition coefficient (Wildman–Crippen LogP) is 3.77. The lowest BCUT2D eigenvalue weighted by atomic mass is 10.3. The van der Waals surface area contributed by atoms with Gasteiger partial charge in [-0.05, 0) is 42.8 Å². The van der Waals surface area contributed by atoms with Crippen LogP contribution < -0.4 is 10.6 Å². The second kappa shape index (κ2) is 10.7. The molecule has 0 spiro atoms. The smallest absolute Gasteiger partial charge is 0.191 e. The molecule has 0 saturated heterocycles. The first-order valence-corrected chi connectivity index (χ1v) is 10.4. The Kier molecular flexibility index (Phi) is 7.75. The number of thioether (sulfide) groups is 1. The number of rotatable bonds is 8. The number of pyridine rings is 1. The fourth-order valence-electron chi connectivity index (χ4n) is 2.44. The molecule has 2 N–H and O–H groups in total. The lowest BCUT2D eigenvalue weighted by Gasteiger charge is -2.11. The van der Waals surface area contributed by atoms with Crippen LogP contribution in [0.2, 0.25) is 5.02 Å². The van der Waals surface area contributed by atoms with Crippen LogP contribution in [-0.2, 0) is 6.54 Å². The van der Waals surface area contributed by atoms with E-state index in [9.17, 15) is 0 Å². The van der Waals surface area contributed by atoms with Gasteiger partial charge in [0, 0.05) is 47.4 Å². The normalized spacial score (nSPS) is 11.4. The molecule has 2 heterocycles. The molecular weight excluding hydrogens is 392 g/mol. The van der Waals surface area contributed by atoms with Gasteiger partial charge in [-0.25, -0.2) is 15.0 Å². The summed E-state index contributed by atoms with van der Waals surface area (Å²) in [6.07, 6.45) is 7.18. The van der Waals surface area contributed by atoms with Crippen LogP contribution in [0.3, 0.4) is 0 Å². The van der Waals surface area contributed by atoms with E-state index in [0.29, 0.717) is 6.54 Å². The van der Waals surface area contributed by atoms with E-state index in [-0.39, 0.29) is 0 Å². The molecule has 0 aliphatic carbocycles. The minimum Gasteiger partial charge on any atom is -0.357 e. The highest BCUT2D eigenvalue weighted by molar-refractivity contribution is 7.99. The van der Waals surface area contributed by atoms with Crippen molar-refractivity contribution in [3.05, 3.63) is 71.9 Å². The van der Waals surface area contributed by atoms with E-state index in [0.717, 1.165) is 41.2 Å².